The molecule has 0 atom stereocenters. The Labute approximate surface area is 219 Å². The third-order valence-corrected chi connectivity index (χ3v) is 6.63. The number of methoxy groups -OCH3 is 1. The van der Waals surface area contributed by atoms with E-state index >= 15 is 0 Å². The first-order valence-electron chi connectivity index (χ1n) is 12.3. The lowest BCUT2D eigenvalue weighted by atomic mass is 10.0. The lowest BCUT2D eigenvalue weighted by Crippen LogP contribution is -2.44. The Morgan fingerprint density at radius 3 is 2.26 bits per heavy atom. The molecule has 0 fully saturated rings. The average molecular weight is 521 g/mol. The summed E-state index contributed by atoms with van der Waals surface area (Å²) in [4.78, 5) is 33.5. The van der Waals surface area contributed by atoms with Gasteiger partial charge in [-0.3, -0.25) is 18.9 Å². The van der Waals surface area contributed by atoms with Crippen molar-refractivity contribution >= 4 is 0 Å². The van der Waals surface area contributed by atoms with Crippen molar-refractivity contribution in [2.75, 3.05) is 27.2 Å². The third kappa shape index (κ3) is 5.89. The molecule has 0 amide bonds. The Hall–Kier alpha value is -4.11. The van der Waals surface area contributed by atoms with Gasteiger partial charge < -0.3 is 9.64 Å². The number of ether oxygens (including phenoxy) is 1. The largest absolute Gasteiger partial charge is 0.497 e. The van der Waals surface area contributed by atoms with E-state index in [4.69, 9.17) is 4.74 Å². The molecule has 4 aromatic rings. The molecular formula is C29H30F2N4O3. The molecule has 198 valence electrons. The SMILES string of the molecule is COc1ccc(-c2c(C)n(Cc3c(F)cccc3F)c(=O)n(CCN(C)CCc3ccccn3)c2=O)cc1. The first kappa shape index (κ1) is 26.9. The van der Waals surface area contributed by atoms with Crippen LogP contribution in [0.2, 0.25) is 0 Å². The van der Waals surface area contributed by atoms with Crippen LogP contribution >= 0.6 is 0 Å². The topological polar surface area (TPSA) is 69.4 Å². The fourth-order valence-electron chi connectivity index (χ4n) is 4.35. The second kappa shape index (κ2) is 12.0. The maximum Gasteiger partial charge on any atom is 0.331 e. The molecule has 0 N–H and O–H groups in total. The van der Waals surface area contributed by atoms with Crippen molar-refractivity contribution in [3.05, 3.63) is 116 Å². The van der Waals surface area contributed by atoms with Crippen LogP contribution < -0.4 is 16.0 Å². The van der Waals surface area contributed by atoms with Crippen molar-refractivity contribution in [1.29, 1.82) is 0 Å². The number of aromatic nitrogens is 3. The molecule has 0 radical (unpaired) electrons. The zero-order chi connectivity index (χ0) is 27.2. The normalized spacial score (nSPS) is 11.2. The standard InChI is InChI=1S/C29H30F2N4O3/c1-20-27(21-10-12-23(38-3)13-11-21)28(36)34(18-17-33(2)16-14-22-7-4-5-15-32-22)29(37)35(20)19-24-25(30)8-6-9-26(24)31/h4-13,15H,14,16-19H2,1-3H3. The van der Waals surface area contributed by atoms with E-state index in [1.807, 2.05) is 30.1 Å². The molecule has 0 saturated heterocycles. The summed E-state index contributed by atoms with van der Waals surface area (Å²) in [5.74, 6) is -0.897. The molecule has 0 saturated carbocycles. The fraction of sp³-hybridized carbons (Fsp3) is 0.276. The van der Waals surface area contributed by atoms with Crippen LogP contribution in [0.5, 0.6) is 5.75 Å². The maximum absolute atomic E-state index is 14.5. The molecule has 0 spiro atoms. The van der Waals surface area contributed by atoms with Gasteiger partial charge in [-0.25, -0.2) is 13.6 Å². The highest BCUT2D eigenvalue weighted by atomic mass is 19.1. The summed E-state index contributed by atoms with van der Waals surface area (Å²) in [6.45, 7) is 2.48. The molecule has 4 rings (SSSR count). The van der Waals surface area contributed by atoms with E-state index in [1.54, 1.807) is 44.5 Å². The van der Waals surface area contributed by atoms with Gasteiger partial charge >= 0.3 is 5.69 Å². The summed E-state index contributed by atoms with van der Waals surface area (Å²) in [7, 11) is 3.44. The Morgan fingerprint density at radius 2 is 1.63 bits per heavy atom. The Morgan fingerprint density at radius 1 is 0.921 bits per heavy atom. The monoisotopic (exact) mass is 520 g/mol. The van der Waals surface area contributed by atoms with Gasteiger partial charge in [-0.2, -0.15) is 0 Å². The lowest BCUT2D eigenvalue weighted by Gasteiger charge is -2.20. The van der Waals surface area contributed by atoms with Crippen LogP contribution in [-0.2, 0) is 19.5 Å². The van der Waals surface area contributed by atoms with Crippen LogP contribution in [0.25, 0.3) is 11.1 Å². The van der Waals surface area contributed by atoms with Gasteiger partial charge in [0.05, 0.1) is 19.2 Å². The number of rotatable bonds is 10. The van der Waals surface area contributed by atoms with E-state index in [1.165, 1.54) is 10.6 Å². The number of benzene rings is 2. The molecule has 2 aromatic heterocycles. The number of hydrogen-bond acceptors (Lipinski definition) is 5. The highest BCUT2D eigenvalue weighted by molar-refractivity contribution is 5.65. The summed E-state index contributed by atoms with van der Waals surface area (Å²) in [5.41, 5.74) is 0.826. The van der Waals surface area contributed by atoms with Crippen molar-refractivity contribution in [2.24, 2.45) is 0 Å². The van der Waals surface area contributed by atoms with E-state index in [9.17, 15) is 18.4 Å². The Bertz CT molecular complexity index is 1500. The quantitative estimate of drug-likeness (QED) is 0.317. The maximum atomic E-state index is 14.5. The fourth-order valence-corrected chi connectivity index (χ4v) is 4.35. The molecular weight excluding hydrogens is 490 g/mol. The van der Waals surface area contributed by atoms with Gasteiger partial charge in [-0.15, -0.1) is 0 Å². The smallest absolute Gasteiger partial charge is 0.331 e. The van der Waals surface area contributed by atoms with Crippen molar-refractivity contribution in [2.45, 2.75) is 26.4 Å². The predicted octanol–water partition coefficient (Wildman–Crippen LogP) is 3.89. The zero-order valence-corrected chi connectivity index (χ0v) is 21.7. The van der Waals surface area contributed by atoms with Crippen LogP contribution in [-0.4, -0.2) is 46.3 Å². The van der Waals surface area contributed by atoms with Gasteiger partial charge in [0.15, 0.2) is 0 Å². The van der Waals surface area contributed by atoms with Crippen molar-refractivity contribution < 1.29 is 13.5 Å². The number of pyridine rings is 1. The number of halogens is 2. The van der Waals surface area contributed by atoms with Gasteiger partial charge in [-0.05, 0) is 55.9 Å². The third-order valence-electron chi connectivity index (χ3n) is 6.63. The van der Waals surface area contributed by atoms with Crippen molar-refractivity contribution in [3.63, 3.8) is 0 Å². The van der Waals surface area contributed by atoms with Gasteiger partial charge in [0.25, 0.3) is 5.56 Å². The minimum absolute atomic E-state index is 0.111. The van der Waals surface area contributed by atoms with Crippen molar-refractivity contribution in [3.8, 4) is 16.9 Å². The van der Waals surface area contributed by atoms with E-state index < -0.39 is 22.9 Å². The second-order valence-electron chi connectivity index (χ2n) is 9.09. The first-order chi connectivity index (χ1) is 18.3. The molecule has 0 aliphatic heterocycles. The van der Waals surface area contributed by atoms with E-state index in [-0.39, 0.29) is 18.7 Å². The van der Waals surface area contributed by atoms with Crippen LogP contribution in [0.4, 0.5) is 8.78 Å². The van der Waals surface area contributed by atoms with Crippen LogP contribution in [0.3, 0.4) is 0 Å². The van der Waals surface area contributed by atoms with E-state index in [0.29, 0.717) is 42.1 Å². The highest BCUT2D eigenvalue weighted by Gasteiger charge is 2.20. The molecule has 2 aromatic carbocycles. The Balaban J connectivity index is 1.71. The van der Waals surface area contributed by atoms with Crippen LogP contribution in [0.15, 0.2) is 76.4 Å². The Kier molecular flexibility index (Phi) is 8.48. The van der Waals surface area contributed by atoms with E-state index in [0.717, 1.165) is 22.4 Å². The molecule has 2 heterocycles. The molecule has 0 aliphatic carbocycles. The van der Waals surface area contributed by atoms with Gasteiger partial charge in [-0.1, -0.05) is 24.3 Å². The summed E-state index contributed by atoms with van der Waals surface area (Å²) >= 11 is 0. The predicted molar refractivity (Wildman–Crippen MR) is 143 cm³/mol. The molecule has 7 nitrogen and oxygen atoms in total. The van der Waals surface area contributed by atoms with Crippen molar-refractivity contribution in [1.82, 2.24) is 19.0 Å². The summed E-state index contributed by atoms with van der Waals surface area (Å²) in [6.07, 6.45) is 2.46. The summed E-state index contributed by atoms with van der Waals surface area (Å²) in [6, 6.07) is 16.2. The molecule has 0 aliphatic rings. The summed E-state index contributed by atoms with van der Waals surface area (Å²) in [5, 5.41) is 0. The van der Waals surface area contributed by atoms with Gasteiger partial charge in [0, 0.05) is 49.2 Å². The highest BCUT2D eigenvalue weighted by Crippen LogP contribution is 2.23. The summed E-state index contributed by atoms with van der Waals surface area (Å²) < 4.78 is 36.7. The first-order valence-corrected chi connectivity index (χ1v) is 12.3. The minimum atomic E-state index is -0.755. The van der Waals surface area contributed by atoms with E-state index in [2.05, 4.69) is 4.98 Å². The zero-order valence-electron chi connectivity index (χ0n) is 21.7. The number of nitrogens with zero attached hydrogens (tertiary/aromatic N) is 4. The average Bonchev–Trinajstić information content (AvgIpc) is 2.92. The van der Waals surface area contributed by atoms with Gasteiger partial charge in [0.1, 0.15) is 17.4 Å². The molecule has 38 heavy (non-hydrogen) atoms. The minimum Gasteiger partial charge on any atom is -0.497 e. The number of hydrogen-bond donors (Lipinski definition) is 0. The second-order valence-corrected chi connectivity index (χ2v) is 9.09. The van der Waals surface area contributed by atoms with Crippen LogP contribution in [0.1, 0.15) is 17.0 Å². The van der Waals surface area contributed by atoms with Crippen LogP contribution in [0, 0.1) is 18.6 Å². The number of likely N-dealkylation sites (N-methyl/N-ethyl adjacent to an activating group) is 1. The molecule has 9 heteroatoms. The van der Waals surface area contributed by atoms with Gasteiger partial charge in [0.2, 0.25) is 0 Å². The molecule has 0 bridgehead atoms. The lowest BCUT2D eigenvalue weighted by molar-refractivity contribution is 0.315. The molecule has 0 unspecified atom stereocenters.